The van der Waals surface area contributed by atoms with Gasteiger partial charge in [0.05, 0.1) is 18.0 Å². The third kappa shape index (κ3) is 4.90. The van der Waals surface area contributed by atoms with Gasteiger partial charge in [-0.25, -0.2) is 0 Å². The van der Waals surface area contributed by atoms with E-state index in [-0.39, 0.29) is 5.54 Å². The van der Waals surface area contributed by atoms with E-state index in [9.17, 15) is 0 Å². The number of hydrogen-bond acceptors (Lipinski definition) is 2. The third-order valence-electron chi connectivity index (χ3n) is 5.13. The second kappa shape index (κ2) is 9.33. The van der Waals surface area contributed by atoms with E-state index in [1.165, 1.54) is 37.7 Å². The van der Waals surface area contributed by atoms with Crippen molar-refractivity contribution in [2.24, 2.45) is 5.92 Å². The molecule has 132 valence electrons. The maximum Gasteiger partial charge on any atom is 0.0743 e. The van der Waals surface area contributed by atoms with Gasteiger partial charge in [0, 0.05) is 17.2 Å². The summed E-state index contributed by atoms with van der Waals surface area (Å²) in [7, 11) is 0. The number of nitrogens with zero attached hydrogens (tertiary/aromatic N) is 1. The molecule has 0 spiro atoms. The highest BCUT2D eigenvalue weighted by Crippen LogP contribution is 2.39. The molecule has 0 aromatic heterocycles. The topological polar surface area (TPSA) is 35.8 Å². The average molecular weight is 335 g/mol. The summed E-state index contributed by atoms with van der Waals surface area (Å²) in [6.45, 7) is 8.00. The Morgan fingerprint density at radius 1 is 1.16 bits per heavy atom. The molecule has 0 radical (unpaired) electrons. The quantitative estimate of drug-likeness (QED) is 0.722. The zero-order chi connectivity index (χ0) is 18.1. The normalized spacial score (nSPS) is 17.8. The van der Waals surface area contributed by atoms with Crippen molar-refractivity contribution in [1.82, 2.24) is 5.32 Å². The SMILES string of the molecule is C=C(CC#N)NC1(c2ccc(C#CC3CCC3)cc2)CCCC1.CC. The number of benzene rings is 1. The molecule has 0 unspecified atom stereocenters. The first-order valence-electron chi connectivity index (χ1n) is 9.67. The summed E-state index contributed by atoms with van der Waals surface area (Å²) in [4.78, 5) is 0. The van der Waals surface area contributed by atoms with E-state index in [2.05, 4.69) is 54.1 Å². The van der Waals surface area contributed by atoms with Crippen LogP contribution in [0.25, 0.3) is 0 Å². The van der Waals surface area contributed by atoms with E-state index >= 15 is 0 Å². The van der Waals surface area contributed by atoms with Gasteiger partial charge in [-0.15, -0.1) is 0 Å². The van der Waals surface area contributed by atoms with Crippen molar-refractivity contribution in [2.75, 3.05) is 0 Å². The minimum atomic E-state index is -0.0478. The van der Waals surface area contributed by atoms with Gasteiger partial charge in [-0.3, -0.25) is 0 Å². The Morgan fingerprint density at radius 3 is 2.32 bits per heavy atom. The third-order valence-corrected chi connectivity index (χ3v) is 5.13. The molecule has 2 saturated carbocycles. The number of allylic oxidation sites excluding steroid dienone is 1. The molecule has 2 fully saturated rings. The lowest BCUT2D eigenvalue weighted by molar-refractivity contribution is 0.374. The van der Waals surface area contributed by atoms with Crippen molar-refractivity contribution >= 4 is 0 Å². The van der Waals surface area contributed by atoms with Crippen LogP contribution in [0.3, 0.4) is 0 Å². The Labute approximate surface area is 153 Å². The molecule has 1 N–H and O–H groups in total. The zero-order valence-corrected chi connectivity index (χ0v) is 15.7. The highest BCUT2D eigenvalue weighted by molar-refractivity contribution is 5.39. The van der Waals surface area contributed by atoms with Crippen LogP contribution in [0, 0.1) is 29.1 Å². The van der Waals surface area contributed by atoms with E-state index in [0.29, 0.717) is 12.3 Å². The smallest absolute Gasteiger partial charge is 0.0743 e. The zero-order valence-electron chi connectivity index (χ0n) is 15.7. The molecular weight excluding hydrogens is 304 g/mol. The van der Waals surface area contributed by atoms with Crippen LogP contribution in [-0.2, 0) is 5.54 Å². The van der Waals surface area contributed by atoms with Gasteiger partial charge >= 0.3 is 0 Å². The van der Waals surface area contributed by atoms with Crippen LogP contribution >= 0.6 is 0 Å². The fourth-order valence-corrected chi connectivity index (χ4v) is 3.55. The van der Waals surface area contributed by atoms with Crippen molar-refractivity contribution < 1.29 is 0 Å². The van der Waals surface area contributed by atoms with Crippen molar-refractivity contribution in [3.8, 4) is 17.9 Å². The number of nitrogens with one attached hydrogen (secondary N) is 1. The molecule has 0 amide bonds. The molecule has 0 atom stereocenters. The highest BCUT2D eigenvalue weighted by Gasteiger charge is 2.35. The maximum absolute atomic E-state index is 8.86. The highest BCUT2D eigenvalue weighted by atomic mass is 15.0. The molecule has 2 heteroatoms. The Hall–Kier alpha value is -2.19. The molecule has 2 aliphatic carbocycles. The summed E-state index contributed by atoms with van der Waals surface area (Å²) in [5.41, 5.74) is 3.17. The lowest BCUT2D eigenvalue weighted by Gasteiger charge is -2.32. The molecular formula is C23H30N2. The molecule has 1 aromatic rings. The maximum atomic E-state index is 8.86. The fraction of sp³-hybridized carbons (Fsp3) is 0.522. The van der Waals surface area contributed by atoms with Crippen LogP contribution in [0.2, 0.25) is 0 Å². The van der Waals surface area contributed by atoms with Gasteiger partial charge in [-0.05, 0) is 43.4 Å². The van der Waals surface area contributed by atoms with Crippen LogP contribution in [0.5, 0.6) is 0 Å². The predicted octanol–water partition coefficient (Wildman–Crippen LogP) is 5.65. The summed E-state index contributed by atoms with van der Waals surface area (Å²) >= 11 is 0. The number of nitriles is 1. The van der Waals surface area contributed by atoms with Gasteiger partial charge in [0.2, 0.25) is 0 Å². The number of hydrogen-bond donors (Lipinski definition) is 1. The second-order valence-corrected chi connectivity index (χ2v) is 6.83. The first kappa shape index (κ1) is 19.1. The van der Waals surface area contributed by atoms with E-state index < -0.39 is 0 Å². The molecule has 3 rings (SSSR count). The van der Waals surface area contributed by atoms with E-state index in [4.69, 9.17) is 5.26 Å². The van der Waals surface area contributed by atoms with Crippen molar-refractivity contribution in [3.05, 3.63) is 47.7 Å². The molecule has 0 bridgehead atoms. The van der Waals surface area contributed by atoms with Crippen LogP contribution in [0.1, 0.15) is 76.3 Å². The molecule has 2 nitrogen and oxygen atoms in total. The summed E-state index contributed by atoms with van der Waals surface area (Å²) in [6, 6.07) is 10.8. The predicted molar refractivity (Wildman–Crippen MR) is 105 cm³/mol. The van der Waals surface area contributed by atoms with Gasteiger partial charge in [-0.1, -0.05) is 63.7 Å². The van der Waals surface area contributed by atoms with Crippen LogP contribution in [-0.4, -0.2) is 0 Å². The summed E-state index contributed by atoms with van der Waals surface area (Å²) in [5.74, 6) is 7.29. The Balaban J connectivity index is 0.00000109. The van der Waals surface area contributed by atoms with Gasteiger partial charge in [0.25, 0.3) is 0 Å². The minimum absolute atomic E-state index is 0.0478. The van der Waals surface area contributed by atoms with Gasteiger partial charge in [-0.2, -0.15) is 5.26 Å². The average Bonchev–Trinajstić information content (AvgIpc) is 3.05. The van der Waals surface area contributed by atoms with E-state index in [0.717, 1.165) is 24.1 Å². The van der Waals surface area contributed by atoms with Crippen molar-refractivity contribution in [1.29, 1.82) is 5.26 Å². The van der Waals surface area contributed by atoms with Crippen LogP contribution in [0.15, 0.2) is 36.5 Å². The van der Waals surface area contributed by atoms with Gasteiger partial charge in [0.15, 0.2) is 0 Å². The largest absolute Gasteiger partial charge is 0.378 e. The minimum Gasteiger partial charge on any atom is -0.378 e. The van der Waals surface area contributed by atoms with Crippen molar-refractivity contribution in [2.45, 2.75) is 70.8 Å². The first-order chi connectivity index (χ1) is 12.2. The summed E-state index contributed by atoms with van der Waals surface area (Å²) in [6.07, 6.45) is 8.87. The lowest BCUT2D eigenvalue weighted by Crippen LogP contribution is -2.38. The summed E-state index contributed by atoms with van der Waals surface area (Å²) < 4.78 is 0. The molecule has 0 saturated heterocycles. The Bertz CT molecular complexity index is 657. The molecule has 0 heterocycles. The monoisotopic (exact) mass is 334 g/mol. The Morgan fingerprint density at radius 2 is 1.80 bits per heavy atom. The fourth-order valence-electron chi connectivity index (χ4n) is 3.55. The van der Waals surface area contributed by atoms with Crippen LogP contribution in [0.4, 0.5) is 0 Å². The second-order valence-electron chi connectivity index (χ2n) is 6.83. The lowest BCUT2D eigenvalue weighted by atomic mass is 9.85. The molecule has 1 aromatic carbocycles. The van der Waals surface area contributed by atoms with Crippen molar-refractivity contribution in [3.63, 3.8) is 0 Å². The summed E-state index contributed by atoms with van der Waals surface area (Å²) in [5, 5.41) is 12.4. The van der Waals surface area contributed by atoms with Crippen LogP contribution < -0.4 is 5.32 Å². The van der Waals surface area contributed by atoms with E-state index in [1.807, 2.05) is 13.8 Å². The standard InChI is InChI=1S/C21H24N2.C2H6/c1-17(13-16-22)23-21(14-2-3-15-21)20-11-9-19(10-12-20)8-7-18-5-4-6-18;1-2/h9-12,18,23H,1-6,13-15H2;1-2H3. The van der Waals surface area contributed by atoms with Gasteiger partial charge in [0.1, 0.15) is 0 Å². The van der Waals surface area contributed by atoms with E-state index in [1.54, 1.807) is 0 Å². The molecule has 0 aliphatic heterocycles. The molecule has 25 heavy (non-hydrogen) atoms. The first-order valence-corrected chi connectivity index (χ1v) is 9.67. The number of rotatable bonds is 4. The van der Waals surface area contributed by atoms with Gasteiger partial charge < -0.3 is 5.32 Å². The molecule has 2 aliphatic rings. The Kier molecular flexibility index (Phi) is 7.15.